The molecule has 1 aromatic heterocycles. The first-order valence-electron chi connectivity index (χ1n) is 9.81. The van der Waals surface area contributed by atoms with Crippen molar-refractivity contribution >= 4 is 23.2 Å². The molecule has 1 saturated heterocycles. The van der Waals surface area contributed by atoms with Crippen LogP contribution in [0.4, 0.5) is 11.4 Å². The second-order valence-corrected chi connectivity index (χ2v) is 7.27. The van der Waals surface area contributed by atoms with Crippen LogP contribution in [0.3, 0.4) is 0 Å². The molecule has 9 heteroatoms. The van der Waals surface area contributed by atoms with E-state index in [9.17, 15) is 19.7 Å². The van der Waals surface area contributed by atoms with Gasteiger partial charge in [0.1, 0.15) is 6.04 Å². The van der Waals surface area contributed by atoms with E-state index < -0.39 is 11.0 Å². The highest BCUT2D eigenvalue weighted by atomic mass is 16.6. The molecule has 2 amide bonds. The molecule has 0 aliphatic carbocycles. The largest absolute Gasteiger partial charge is 0.436 e. The van der Waals surface area contributed by atoms with E-state index in [1.807, 2.05) is 0 Å². The van der Waals surface area contributed by atoms with Crippen molar-refractivity contribution in [2.75, 3.05) is 11.9 Å². The van der Waals surface area contributed by atoms with Crippen LogP contribution in [-0.4, -0.2) is 39.2 Å². The van der Waals surface area contributed by atoms with Gasteiger partial charge in [-0.05, 0) is 49.2 Å². The van der Waals surface area contributed by atoms with Gasteiger partial charge in [0.25, 0.3) is 5.69 Å². The van der Waals surface area contributed by atoms with E-state index >= 15 is 0 Å². The van der Waals surface area contributed by atoms with E-state index in [1.165, 1.54) is 19.1 Å². The summed E-state index contributed by atoms with van der Waals surface area (Å²) in [7, 11) is 0. The minimum Gasteiger partial charge on any atom is -0.436 e. The maximum absolute atomic E-state index is 12.5. The van der Waals surface area contributed by atoms with Gasteiger partial charge >= 0.3 is 0 Å². The lowest BCUT2D eigenvalue weighted by molar-refractivity contribution is -0.384. The third-order valence-electron chi connectivity index (χ3n) is 5.23. The van der Waals surface area contributed by atoms with E-state index in [0.717, 1.165) is 12.0 Å². The maximum Gasteiger partial charge on any atom is 0.269 e. The molecule has 0 unspecified atom stereocenters. The third-order valence-corrected chi connectivity index (χ3v) is 5.23. The lowest BCUT2D eigenvalue weighted by atomic mass is 10.1. The van der Waals surface area contributed by atoms with Crippen LogP contribution in [0.5, 0.6) is 0 Å². The Labute approximate surface area is 177 Å². The molecule has 0 saturated carbocycles. The molecule has 31 heavy (non-hydrogen) atoms. The van der Waals surface area contributed by atoms with Gasteiger partial charge in [0, 0.05) is 42.4 Å². The molecule has 1 atom stereocenters. The van der Waals surface area contributed by atoms with Gasteiger partial charge in [-0.25, -0.2) is 4.98 Å². The molecule has 2 aromatic carbocycles. The molecule has 1 aliphatic heterocycles. The zero-order chi connectivity index (χ0) is 22.0. The van der Waals surface area contributed by atoms with Crippen LogP contribution in [0.15, 0.2) is 59.1 Å². The van der Waals surface area contributed by atoms with Gasteiger partial charge in [-0.15, -0.1) is 0 Å². The van der Waals surface area contributed by atoms with E-state index in [-0.39, 0.29) is 17.5 Å². The molecule has 0 bridgehead atoms. The number of hydrogen-bond donors (Lipinski definition) is 1. The number of nitrogens with zero attached hydrogens (tertiary/aromatic N) is 3. The number of carbonyl (C=O) groups is 2. The molecule has 1 aliphatic rings. The fourth-order valence-electron chi connectivity index (χ4n) is 3.63. The highest BCUT2D eigenvalue weighted by Gasteiger charge is 2.32. The first kappa shape index (κ1) is 20.3. The summed E-state index contributed by atoms with van der Waals surface area (Å²) in [6.07, 6.45) is 3.06. The predicted molar refractivity (Wildman–Crippen MR) is 113 cm³/mol. The zero-order valence-electron chi connectivity index (χ0n) is 16.8. The van der Waals surface area contributed by atoms with Crippen molar-refractivity contribution < 1.29 is 18.9 Å². The number of rotatable bonds is 5. The van der Waals surface area contributed by atoms with Gasteiger partial charge in [0.2, 0.25) is 17.7 Å². The summed E-state index contributed by atoms with van der Waals surface area (Å²) in [6, 6.07) is 12.6. The van der Waals surface area contributed by atoms with Crippen LogP contribution >= 0.6 is 0 Å². The first-order chi connectivity index (χ1) is 14.9. The Bertz CT molecular complexity index is 1120. The number of carbonyl (C=O) groups excluding carboxylic acids is 2. The fourth-order valence-corrected chi connectivity index (χ4v) is 3.63. The standard InChI is InChI=1S/C22H20N4O5/c1-14(27)25-12-2-3-19(25)21(28)24-17-8-4-15(5-9-17)20-13-23-22(31-20)16-6-10-18(11-7-16)26(29)30/h4-11,13,19H,2-3,12H2,1H3,(H,24,28)/t19-/m0/s1. The summed E-state index contributed by atoms with van der Waals surface area (Å²) in [5.74, 6) is 0.598. The summed E-state index contributed by atoms with van der Waals surface area (Å²) >= 11 is 0. The van der Waals surface area contributed by atoms with Crippen molar-refractivity contribution in [1.82, 2.24) is 9.88 Å². The molecule has 2 heterocycles. The van der Waals surface area contributed by atoms with Gasteiger partial charge in [-0.2, -0.15) is 0 Å². The molecule has 0 spiro atoms. The van der Waals surface area contributed by atoms with Crippen molar-refractivity contribution in [3.8, 4) is 22.8 Å². The number of amides is 2. The summed E-state index contributed by atoms with van der Waals surface area (Å²) in [5, 5.41) is 13.6. The molecular formula is C22H20N4O5. The number of nitrogens with one attached hydrogen (secondary N) is 1. The van der Waals surface area contributed by atoms with Gasteiger partial charge < -0.3 is 14.6 Å². The van der Waals surface area contributed by atoms with Gasteiger partial charge in [0.15, 0.2) is 5.76 Å². The topological polar surface area (TPSA) is 119 Å². The Morgan fingerprint density at radius 1 is 1.13 bits per heavy atom. The highest BCUT2D eigenvalue weighted by Crippen LogP contribution is 2.28. The molecule has 1 fully saturated rings. The van der Waals surface area contributed by atoms with Crippen LogP contribution in [-0.2, 0) is 9.59 Å². The number of nitro groups is 1. The lowest BCUT2D eigenvalue weighted by Gasteiger charge is -2.22. The molecule has 0 radical (unpaired) electrons. The minimum atomic E-state index is -0.463. The van der Waals surface area contributed by atoms with E-state index in [0.29, 0.717) is 35.9 Å². The SMILES string of the molecule is CC(=O)N1CCC[C@H]1C(=O)Nc1ccc(-c2cnc(-c3ccc([N+](=O)[O-])cc3)o2)cc1. The quantitative estimate of drug-likeness (QED) is 0.494. The fraction of sp³-hybridized carbons (Fsp3) is 0.227. The third kappa shape index (κ3) is 4.30. The lowest BCUT2D eigenvalue weighted by Crippen LogP contribution is -2.42. The van der Waals surface area contributed by atoms with Crippen molar-refractivity contribution in [3.05, 3.63) is 64.8 Å². The molecule has 158 valence electrons. The average Bonchev–Trinajstić information content (AvgIpc) is 3.44. The number of hydrogen-bond acceptors (Lipinski definition) is 6. The Kier molecular flexibility index (Phi) is 5.48. The summed E-state index contributed by atoms with van der Waals surface area (Å²) in [5.41, 5.74) is 2.02. The van der Waals surface area contributed by atoms with Crippen molar-refractivity contribution in [1.29, 1.82) is 0 Å². The van der Waals surface area contributed by atoms with Crippen molar-refractivity contribution in [2.24, 2.45) is 0 Å². The molecular weight excluding hydrogens is 400 g/mol. The van der Waals surface area contributed by atoms with E-state index in [1.54, 1.807) is 47.5 Å². The zero-order valence-corrected chi connectivity index (χ0v) is 16.8. The molecule has 4 rings (SSSR count). The minimum absolute atomic E-state index is 0.00260. The Morgan fingerprint density at radius 3 is 2.45 bits per heavy atom. The van der Waals surface area contributed by atoms with Crippen LogP contribution in [0, 0.1) is 10.1 Å². The van der Waals surface area contributed by atoms with Crippen LogP contribution in [0.25, 0.3) is 22.8 Å². The second-order valence-electron chi connectivity index (χ2n) is 7.27. The highest BCUT2D eigenvalue weighted by molar-refractivity contribution is 5.97. The summed E-state index contributed by atoms with van der Waals surface area (Å²) in [4.78, 5) is 40.4. The number of nitro benzene ring substituents is 1. The number of non-ortho nitro benzene ring substituents is 1. The number of aromatic nitrogens is 1. The van der Waals surface area contributed by atoms with E-state index in [4.69, 9.17) is 4.42 Å². The normalized spacial score (nSPS) is 15.6. The number of anilines is 1. The number of benzene rings is 2. The molecule has 9 nitrogen and oxygen atoms in total. The molecule has 3 aromatic rings. The number of oxazole rings is 1. The molecule has 1 N–H and O–H groups in total. The monoisotopic (exact) mass is 420 g/mol. The van der Waals surface area contributed by atoms with Gasteiger partial charge in [-0.3, -0.25) is 19.7 Å². The Hall–Kier alpha value is -4.01. The van der Waals surface area contributed by atoms with Crippen LogP contribution < -0.4 is 5.32 Å². The van der Waals surface area contributed by atoms with Gasteiger partial charge in [-0.1, -0.05) is 0 Å². The maximum atomic E-state index is 12.5. The van der Waals surface area contributed by atoms with Crippen LogP contribution in [0.2, 0.25) is 0 Å². The summed E-state index contributed by atoms with van der Waals surface area (Å²) in [6.45, 7) is 2.08. The van der Waals surface area contributed by atoms with Crippen LogP contribution in [0.1, 0.15) is 19.8 Å². The Morgan fingerprint density at radius 2 is 1.81 bits per heavy atom. The predicted octanol–water partition coefficient (Wildman–Crippen LogP) is 3.87. The van der Waals surface area contributed by atoms with Gasteiger partial charge in [0.05, 0.1) is 11.1 Å². The Balaban J connectivity index is 1.44. The van der Waals surface area contributed by atoms with Crippen molar-refractivity contribution in [3.63, 3.8) is 0 Å². The number of likely N-dealkylation sites (tertiary alicyclic amines) is 1. The second kappa shape index (κ2) is 8.39. The van der Waals surface area contributed by atoms with E-state index in [2.05, 4.69) is 10.3 Å². The average molecular weight is 420 g/mol. The first-order valence-corrected chi connectivity index (χ1v) is 9.81. The smallest absolute Gasteiger partial charge is 0.269 e. The summed E-state index contributed by atoms with van der Waals surface area (Å²) < 4.78 is 5.79. The van der Waals surface area contributed by atoms with Crippen molar-refractivity contribution in [2.45, 2.75) is 25.8 Å².